The number of nitriles is 1. The van der Waals surface area contributed by atoms with Crippen LogP contribution < -0.4 is 10.5 Å². The van der Waals surface area contributed by atoms with Crippen LogP contribution in [0.4, 0.5) is 5.69 Å². The maximum Gasteiger partial charge on any atom is 0.349 e. The molecule has 0 saturated carbocycles. The summed E-state index contributed by atoms with van der Waals surface area (Å²) in [7, 11) is 1.54. The van der Waals surface area contributed by atoms with Crippen molar-refractivity contribution < 1.29 is 19.1 Å². The van der Waals surface area contributed by atoms with E-state index in [1.54, 1.807) is 55.6 Å². The van der Waals surface area contributed by atoms with Crippen LogP contribution >= 0.6 is 0 Å². The van der Waals surface area contributed by atoms with Crippen molar-refractivity contribution in [2.75, 3.05) is 12.8 Å². The summed E-state index contributed by atoms with van der Waals surface area (Å²) in [4.78, 5) is 24.8. The number of nitrogen functional groups attached to an aromatic ring is 1. The molecule has 1 aliphatic rings. The largest absolute Gasteiger partial charge is 0.497 e. The summed E-state index contributed by atoms with van der Waals surface area (Å²) in [6, 6.07) is 18.1. The molecule has 0 amide bonds. The Kier molecular flexibility index (Phi) is 4.06. The number of methoxy groups -OCH3 is 1. The van der Waals surface area contributed by atoms with Gasteiger partial charge in [-0.15, -0.1) is 0 Å². The summed E-state index contributed by atoms with van der Waals surface area (Å²) in [6.45, 7) is 0. The van der Waals surface area contributed by atoms with Crippen LogP contribution in [-0.2, 0) is 4.74 Å². The van der Waals surface area contributed by atoms with E-state index in [1.807, 2.05) is 6.07 Å². The molecule has 0 radical (unpaired) electrons. The second-order valence-corrected chi connectivity index (χ2v) is 6.17. The molecule has 6 heteroatoms. The average molecular weight is 370 g/mol. The Balaban J connectivity index is 2.14. The van der Waals surface area contributed by atoms with E-state index in [0.29, 0.717) is 28.0 Å². The first-order valence-corrected chi connectivity index (χ1v) is 8.42. The Morgan fingerprint density at radius 2 is 1.46 bits per heavy atom. The molecule has 0 aromatic heterocycles. The fourth-order valence-corrected chi connectivity index (χ4v) is 3.43. The third-order valence-electron chi connectivity index (χ3n) is 4.69. The van der Waals surface area contributed by atoms with E-state index in [0.717, 1.165) is 0 Å². The van der Waals surface area contributed by atoms with Gasteiger partial charge in [0.2, 0.25) is 0 Å². The Morgan fingerprint density at radius 1 is 0.857 bits per heavy atom. The Bertz CT molecular complexity index is 1160. The van der Waals surface area contributed by atoms with Crippen molar-refractivity contribution in [3.63, 3.8) is 0 Å². The number of ether oxygens (including phenoxy) is 2. The SMILES string of the molecule is COc1ccc(-c2c(C#N)c(-c3ccccc3)c(N)c3c2C(=O)OC3=O)cc1. The van der Waals surface area contributed by atoms with E-state index >= 15 is 0 Å². The number of nitrogens with two attached hydrogens (primary N) is 1. The van der Waals surface area contributed by atoms with Gasteiger partial charge in [0.1, 0.15) is 11.8 Å². The van der Waals surface area contributed by atoms with E-state index < -0.39 is 11.9 Å². The summed E-state index contributed by atoms with van der Waals surface area (Å²) >= 11 is 0. The quantitative estimate of drug-likeness (QED) is 0.427. The molecule has 0 unspecified atom stereocenters. The molecule has 4 rings (SSSR count). The van der Waals surface area contributed by atoms with Gasteiger partial charge in [-0.25, -0.2) is 9.59 Å². The molecular formula is C22H14N2O4. The van der Waals surface area contributed by atoms with E-state index in [9.17, 15) is 14.9 Å². The Labute approximate surface area is 160 Å². The van der Waals surface area contributed by atoms with Gasteiger partial charge < -0.3 is 15.2 Å². The van der Waals surface area contributed by atoms with Crippen LogP contribution in [0.15, 0.2) is 54.6 Å². The smallest absolute Gasteiger partial charge is 0.349 e. The molecule has 6 nitrogen and oxygen atoms in total. The number of hydrogen-bond acceptors (Lipinski definition) is 6. The number of fused-ring (bicyclic) bond motifs is 1. The monoisotopic (exact) mass is 370 g/mol. The second-order valence-electron chi connectivity index (χ2n) is 6.17. The van der Waals surface area contributed by atoms with Gasteiger partial charge in [0.05, 0.1) is 29.5 Å². The molecule has 0 saturated heterocycles. The highest BCUT2D eigenvalue weighted by Gasteiger charge is 2.38. The first-order chi connectivity index (χ1) is 13.6. The van der Waals surface area contributed by atoms with Crippen LogP contribution in [0.25, 0.3) is 22.3 Å². The lowest BCUT2D eigenvalue weighted by molar-refractivity contribution is 0.0444. The van der Waals surface area contributed by atoms with Crippen molar-refractivity contribution in [2.45, 2.75) is 0 Å². The van der Waals surface area contributed by atoms with Crippen LogP contribution in [-0.4, -0.2) is 19.0 Å². The van der Waals surface area contributed by atoms with E-state index in [4.69, 9.17) is 15.2 Å². The molecule has 3 aromatic rings. The minimum absolute atomic E-state index is 0.00586. The molecular weight excluding hydrogens is 356 g/mol. The van der Waals surface area contributed by atoms with Crippen LogP contribution in [0.1, 0.15) is 26.3 Å². The third-order valence-corrected chi connectivity index (χ3v) is 4.69. The van der Waals surface area contributed by atoms with Crippen molar-refractivity contribution in [1.82, 2.24) is 0 Å². The molecule has 28 heavy (non-hydrogen) atoms. The zero-order chi connectivity index (χ0) is 19.8. The highest BCUT2D eigenvalue weighted by Crippen LogP contribution is 2.44. The number of hydrogen-bond donors (Lipinski definition) is 1. The van der Waals surface area contributed by atoms with Crippen LogP contribution in [0.2, 0.25) is 0 Å². The molecule has 0 atom stereocenters. The van der Waals surface area contributed by atoms with Gasteiger partial charge in [0.25, 0.3) is 0 Å². The first-order valence-electron chi connectivity index (χ1n) is 8.42. The molecule has 1 aliphatic heterocycles. The van der Waals surface area contributed by atoms with Gasteiger partial charge in [-0.2, -0.15) is 5.26 Å². The predicted octanol–water partition coefficient (Wildman–Crippen LogP) is 3.79. The molecule has 2 N–H and O–H groups in total. The summed E-state index contributed by atoms with van der Waals surface area (Å²) in [6.07, 6.45) is 0. The molecule has 0 spiro atoms. The van der Waals surface area contributed by atoms with E-state index in [-0.39, 0.29) is 22.4 Å². The summed E-state index contributed by atoms with van der Waals surface area (Å²) < 4.78 is 9.99. The maximum atomic E-state index is 12.4. The normalized spacial score (nSPS) is 12.3. The van der Waals surface area contributed by atoms with E-state index in [2.05, 4.69) is 6.07 Å². The molecule has 3 aromatic carbocycles. The van der Waals surface area contributed by atoms with Crippen molar-refractivity contribution in [2.24, 2.45) is 0 Å². The number of esters is 2. The van der Waals surface area contributed by atoms with Gasteiger partial charge in [0.15, 0.2) is 0 Å². The van der Waals surface area contributed by atoms with Crippen molar-refractivity contribution >= 4 is 17.6 Å². The predicted molar refractivity (Wildman–Crippen MR) is 103 cm³/mol. The number of carbonyl (C=O) groups is 2. The van der Waals surface area contributed by atoms with Gasteiger partial charge in [-0.05, 0) is 23.3 Å². The number of nitrogens with zero attached hydrogens (tertiary/aromatic N) is 1. The second kappa shape index (κ2) is 6.56. The van der Waals surface area contributed by atoms with Crippen LogP contribution in [0.3, 0.4) is 0 Å². The minimum atomic E-state index is -0.811. The van der Waals surface area contributed by atoms with Crippen molar-refractivity contribution in [1.29, 1.82) is 5.26 Å². The molecule has 1 heterocycles. The van der Waals surface area contributed by atoms with Crippen molar-refractivity contribution in [3.8, 4) is 34.1 Å². The number of anilines is 1. The third kappa shape index (κ3) is 2.49. The van der Waals surface area contributed by atoms with Crippen molar-refractivity contribution in [3.05, 3.63) is 71.3 Å². The summed E-state index contributed by atoms with van der Waals surface area (Å²) in [5.74, 6) is -1.00. The number of carbonyl (C=O) groups excluding carboxylic acids is 2. The first kappa shape index (κ1) is 17.3. The zero-order valence-electron chi connectivity index (χ0n) is 14.9. The maximum absolute atomic E-state index is 12.4. The fourth-order valence-electron chi connectivity index (χ4n) is 3.43. The molecule has 0 aliphatic carbocycles. The molecule has 136 valence electrons. The van der Waals surface area contributed by atoms with Gasteiger partial charge in [0, 0.05) is 11.1 Å². The highest BCUT2D eigenvalue weighted by atomic mass is 16.6. The standard InChI is InChI=1S/C22H14N2O4/c1-27-14-9-7-13(8-10-14)16-15(11-23)17(12-5-3-2-4-6-12)20(24)19-18(16)21(25)28-22(19)26/h2-10H,24H2,1H3. The van der Waals surface area contributed by atoms with Crippen LogP contribution in [0, 0.1) is 11.3 Å². The summed E-state index contributed by atoms with van der Waals surface area (Å²) in [5, 5.41) is 9.96. The van der Waals surface area contributed by atoms with Gasteiger partial charge in [-0.3, -0.25) is 0 Å². The Hall–Kier alpha value is -4.11. The van der Waals surface area contributed by atoms with Crippen LogP contribution in [0.5, 0.6) is 5.75 Å². The summed E-state index contributed by atoms with van der Waals surface area (Å²) in [5.41, 5.74) is 8.52. The minimum Gasteiger partial charge on any atom is -0.497 e. The fraction of sp³-hybridized carbons (Fsp3) is 0.0455. The lowest BCUT2D eigenvalue weighted by atomic mass is 9.84. The molecule has 0 bridgehead atoms. The Morgan fingerprint density at radius 3 is 2.07 bits per heavy atom. The number of benzene rings is 3. The van der Waals surface area contributed by atoms with Gasteiger partial charge in [-0.1, -0.05) is 42.5 Å². The molecule has 0 fully saturated rings. The topological polar surface area (TPSA) is 102 Å². The number of cyclic esters (lactones) is 2. The average Bonchev–Trinajstić information content (AvgIpc) is 3.02. The zero-order valence-corrected chi connectivity index (χ0v) is 14.9. The lowest BCUT2D eigenvalue weighted by Crippen LogP contribution is -2.07. The highest BCUT2D eigenvalue weighted by molar-refractivity contribution is 6.23. The lowest BCUT2D eigenvalue weighted by Gasteiger charge is -2.16. The number of rotatable bonds is 3. The van der Waals surface area contributed by atoms with Gasteiger partial charge >= 0.3 is 11.9 Å². The van der Waals surface area contributed by atoms with E-state index in [1.165, 1.54) is 0 Å².